The van der Waals surface area contributed by atoms with E-state index in [9.17, 15) is 14.4 Å². The summed E-state index contributed by atoms with van der Waals surface area (Å²) in [7, 11) is 0. The number of aromatic nitrogens is 1. The van der Waals surface area contributed by atoms with E-state index in [1.165, 1.54) is 16.2 Å². The van der Waals surface area contributed by atoms with Gasteiger partial charge in [-0.15, -0.1) is 11.8 Å². The Morgan fingerprint density at radius 1 is 1.03 bits per heavy atom. The van der Waals surface area contributed by atoms with Crippen molar-refractivity contribution < 1.29 is 14.4 Å². The average molecular weight is 497 g/mol. The summed E-state index contributed by atoms with van der Waals surface area (Å²) in [5.74, 6) is -0.560. The Kier molecular flexibility index (Phi) is 7.65. The number of benzene rings is 2. The molecule has 0 radical (unpaired) electrons. The fourth-order valence-corrected chi connectivity index (χ4v) is 5.52. The first-order valence-corrected chi connectivity index (χ1v) is 13.4. The normalized spacial score (nSPS) is 13.9. The lowest BCUT2D eigenvalue weighted by molar-refractivity contribution is -0.121. The Hall–Kier alpha value is -2.75. The number of imide groups is 1. The molecule has 4 rings (SSSR count). The molecule has 2 heterocycles. The van der Waals surface area contributed by atoms with Crippen molar-refractivity contribution in [3.8, 4) is 0 Å². The molecule has 1 aliphatic heterocycles. The second-order valence-corrected chi connectivity index (χ2v) is 9.87. The molecule has 1 aliphatic rings. The number of nitrogens with zero attached hydrogens (tertiary/aromatic N) is 4. The lowest BCUT2D eigenvalue weighted by Gasteiger charge is -2.25. The van der Waals surface area contributed by atoms with Crippen molar-refractivity contribution in [2.24, 2.45) is 0 Å². The Balaban J connectivity index is 1.63. The number of amides is 3. The Bertz CT molecular complexity index is 1190. The highest BCUT2D eigenvalue weighted by Crippen LogP contribution is 2.32. The maximum Gasteiger partial charge on any atom is 0.260 e. The highest BCUT2D eigenvalue weighted by Gasteiger charge is 2.30. The van der Waals surface area contributed by atoms with Gasteiger partial charge in [0.2, 0.25) is 11.8 Å². The number of thiazole rings is 1. The summed E-state index contributed by atoms with van der Waals surface area (Å²) < 4.78 is 1.05. The third-order valence-corrected chi connectivity index (χ3v) is 7.79. The van der Waals surface area contributed by atoms with Crippen molar-refractivity contribution >= 4 is 61.9 Å². The molecule has 7 nitrogen and oxygen atoms in total. The van der Waals surface area contributed by atoms with E-state index in [1.807, 2.05) is 18.4 Å². The van der Waals surface area contributed by atoms with Gasteiger partial charge in [-0.2, -0.15) is 0 Å². The largest absolute Gasteiger partial charge is 0.302 e. The maximum atomic E-state index is 13.6. The zero-order chi connectivity index (χ0) is 24.2. The molecule has 34 heavy (non-hydrogen) atoms. The van der Waals surface area contributed by atoms with Crippen LogP contribution in [0.1, 0.15) is 37.0 Å². The molecule has 0 saturated carbocycles. The zero-order valence-corrected chi connectivity index (χ0v) is 21.2. The molecule has 2 aromatic carbocycles. The first-order valence-electron chi connectivity index (χ1n) is 11.4. The summed E-state index contributed by atoms with van der Waals surface area (Å²) in [6, 6.07) is 12.8. The molecular formula is C25H28N4O3S2. The van der Waals surface area contributed by atoms with Crippen LogP contribution < -0.4 is 9.80 Å². The minimum atomic E-state index is -0.205. The Labute approximate surface area is 207 Å². The van der Waals surface area contributed by atoms with E-state index in [2.05, 4.69) is 24.8 Å². The number of fused-ring (bicyclic) bond motifs is 1. The fourth-order valence-electron chi connectivity index (χ4n) is 3.97. The minimum Gasteiger partial charge on any atom is -0.302 e. The van der Waals surface area contributed by atoms with E-state index in [-0.39, 0.29) is 30.6 Å². The predicted octanol–water partition coefficient (Wildman–Crippen LogP) is 4.66. The van der Waals surface area contributed by atoms with E-state index in [1.54, 1.807) is 40.9 Å². The van der Waals surface area contributed by atoms with Crippen LogP contribution >= 0.6 is 23.1 Å². The first-order chi connectivity index (χ1) is 16.4. The number of carbonyl (C=O) groups excluding carboxylic acids is 3. The minimum absolute atomic E-state index is 0.151. The second-order valence-electron chi connectivity index (χ2n) is 7.98. The summed E-state index contributed by atoms with van der Waals surface area (Å²) in [5, 5.41) is 0.666. The van der Waals surface area contributed by atoms with Crippen molar-refractivity contribution in [3.63, 3.8) is 0 Å². The number of hydrogen-bond donors (Lipinski definition) is 0. The van der Waals surface area contributed by atoms with Crippen molar-refractivity contribution in [1.82, 2.24) is 9.88 Å². The highest BCUT2D eigenvalue weighted by molar-refractivity contribution is 7.98. The maximum absolute atomic E-state index is 13.6. The van der Waals surface area contributed by atoms with Gasteiger partial charge in [0.1, 0.15) is 0 Å². The van der Waals surface area contributed by atoms with Crippen molar-refractivity contribution in [1.29, 1.82) is 0 Å². The summed E-state index contributed by atoms with van der Waals surface area (Å²) in [6.45, 7) is 7.28. The van der Waals surface area contributed by atoms with Gasteiger partial charge in [0.15, 0.2) is 5.13 Å². The molecule has 3 aromatic rings. The zero-order valence-electron chi connectivity index (χ0n) is 19.6. The van der Waals surface area contributed by atoms with Gasteiger partial charge >= 0.3 is 0 Å². The van der Waals surface area contributed by atoms with Crippen LogP contribution in [0.2, 0.25) is 0 Å². The molecule has 0 bridgehead atoms. The molecule has 3 amide bonds. The quantitative estimate of drug-likeness (QED) is 0.317. The van der Waals surface area contributed by atoms with Gasteiger partial charge in [-0.05, 0) is 61.8 Å². The Morgan fingerprint density at radius 3 is 2.32 bits per heavy atom. The van der Waals surface area contributed by atoms with Gasteiger partial charge < -0.3 is 4.90 Å². The molecule has 0 unspecified atom stereocenters. The summed E-state index contributed by atoms with van der Waals surface area (Å²) in [4.78, 5) is 48.8. The summed E-state index contributed by atoms with van der Waals surface area (Å²) in [6.07, 6.45) is 2.50. The third-order valence-electron chi connectivity index (χ3n) is 6.02. The van der Waals surface area contributed by atoms with E-state index in [0.29, 0.717) is 22.9 Å². The fraction of sp³-hybridized carbons (Fsp3) is 0.360. The molecule has 9 heteroatoms. The molecule has 0 N–H and O–H groups in total. The molecule has 1 fully saturated rings. The van der Waals surface area contributed by atoms with Crippen molar-refractivity contribution in [2.45, 2.75) is 31.6 Å². The number of likely N-dealkylation sites (N-methyl/N-ethyl adjacent to an activating group) is 1. The molecule has 0 aliphatic carbocycles. The van der Waals surface area contributed by atoms with Crippen molar-refractivity contribution in [2.75, 3.05) is 42.2 Å². The van der Waals surface area contributed by atoms with Crippen LogP contribution in [0.3, 0.4) is 0 Å². The van der Waals surface area contributed by atoms with Gasteiger partial charge in [-0.1, -0.05) is 25.2 Å². The third kappa shape index (κ3) is 5.01. The molecular weight excluding hydrogens is 468 g/mol. The van der Waals surface area contributed by atoms with Crippen LogP contribution in [0.4, 0.5) is 10.8 Å². The van der Waals surface area contributed by atoms with Crippen LogP contribution in [0.25, 0.3) is 10.2 Å². The molecule has 1 aromatic heterocycles. The summed E-state index contributed by atoms with van der Waals surface area (Å²) >= 11 is 3.19. The van der Waals surface area contributed by atoms with E-state index in [4.69, 9.17) is 4.98 Å². The number of hydrogen-bond acceptors (Lipinski definition) is 7. The number of anilines is 2. The van der Waals surface area contributed by atoms with Gasteiger partial charge in [-0.25, -0.2) is 4.98 Å². The predicted molar refractivity (Wildman–Crippen MR) is 139 cm³/mol. The van der Waals surface area contributed by atoms with Crippen LogP contribution in [-0.4, -0.2) is 60.0 Å². The second kappa shape index (κ2) is 10.7. The summed E-state index contributed by atoms with van der Waals surface area (Å²) in [5.41, 5.74) is 1.87. The topological polar surface area (TPSA) is 73.8 Å². The van der Waals surface area contributed by atoms with Crippen molar-refractivity contribution in [3.05, 3.63) is 48.0 Å². The van der Waals surface area contributed by atoms with E-state index >= 15 is 0 Å². The highest BCUT2D eigenvalue weighted by atomic mass is 32.2. The van der Waals surface area contributed by atoms with E-state index < -0.39 is 0 Å². The molecule has 178 valence electrons. The van der Waals surface area contributed by atoms with E-state index in [0.717, 1.165) is 34.7 Å². The Morgan fingerprint density at radius 2 is 1.71 bits per heavy atom. The lowest BCUT2D eigenvalue weighted by atomic mass is 10.1. The van der Waals surface area contributed by atoms with Gasteiger partial charge in [0.05, 0.1) is 15.9 Å². The van der Waals surface area contributed by atoms with Gasteiger partial charge in [0.25, 0.3) is 5.91 Å². The standard InChI is InChI=1S/C25H28N4O3S2/c1-4-27(5-2)14-15-28(25-26-20-11-10-19(33-3)16-21(20)34-25)24(32)17-6-8-18(9-7-17)29-22(30)12-13-23(29)31/h6-11,16H,4-5,12-15H2,1-3H3. The number of carbonyl (C=O) groups is 3. The van der Waals surface area contributed by atoms with Crippen LogP contribution in [0.5, 0.6) is 0 Å². The van der Waals surface area contributed by atoms with Crippen LogP contribution in [-0.2, 0) is 9.59 Å². The van der Waals surface area contributed by atoms with Crippen LogP contribution in [0.15, 0.2) is 47.4 Å². The SMILES string of the molecule is CCN(CC)CCN(C(=O)c1ccc(N2C(=O)CCC2=O)cc1)c1nc2ccc(SC)cc2s1. The average Bonchev–Trinajstić information content (AvgIpc) is 3.43. The number of thioether (sulfide) groups is 1. The lowest BCUT2D eigenvalue weighted by Crippen LogP contribution is -2.39. The smallest absolute Gasteiger partial charge is 0.260 e. The first kappa shape index (κ1) is 24.4. The van der Waals surface area contributed by atoms with Crippen LogP contribution in [0, 0.1) is 0 Å². The molecule has 0 atom stereocenters. The molecule has 1 saturated heterocycles. The van der Waals surface area contributed by atoms with Gasteiger partial charge in [0, 0.05) is 36.4 Å². The van der Waals surface area contributed by atoms with Gasteiger partial charge in [-0.3, -0.25) is 24.2 Å². The monoisotopic (exact) mass is 496 g/mol. The molecule has 0 spiro atoms. The number of rotatable bonds is 9.